The molecule has 6 nitrogen and oxygen atoms in total. The number of carbonyl (C=O) groups is 4. The molecule has 0 radical (unpaired) electrons. The fraction of sp³-hybridized carbons (Fsp3) is 0.0667. The van der Waals surface area contributed by atoms with E-state index in [-0.39, 0.29) is 0 Å². The van der Waals surface area contributed by atoms with E-state index in [1.165, 1.54) is 0 Å². The molecule has 0 unspecified atom stereocenters. The molecule has 0 aliphatic carbocycles. The van der Waals surface area contributed by atoms with Crippen LogP contribution >= 0.6 is 0 Å². The van der Waals surface area contributed by atoms with Crippen molar-refractivity contribution in [2.45, 2.75) is 6.17 Å². The lowest BCUT2D eigenvalue weighted by molar-refractivity contribution is -0.152. The summed E-state index contributed by atoms with van der Waals surface area (Å²) in [6.07, 6.45) is 3.41. The van der Waals surface area contributed by atoms with Gasteiger partial charge in [0.15, 0.2) is 0 Å². The van der Waals surface area contributed by atoms with E-state index < -0.39 is 29.8 Å². The molecular weight excluding hydrogens is 272 g/mol. The van der Waals surface area contributed by atoms with Crippen LogP contribution < -0.4 is 0 Å². The third-order valence-corrected chi connectivity index (χ3v) is 3.27. The lowest BCUT2D eigenvalue weighted by Gasteiger charge is -2.32. The number of amides is 4. The maximum absolute atomic E-state index is 11.9. The summed E-state index contributed by atoms with van der Waals surface area (Å²) in [5.74, 6) is -2.22. The maximum atomic E-state index is 11.9. The van der Waals surface area contributed by atoms with Crippen LogP contribution in [0.4, 0.5) is 0 Å². The van der Waals surface area contributed by atoms with Crippen molar-refractivity contribution in [1.82, 2.24) is 9.80 Å². The Labute approximate surface area is 119 Å². The molecule has 0 saturated heterocycles. The van der Waals surface area contributed by atoms with Gasteiger partial charge in [-0.15, -0.1) is 0 Å². The second-order valence-corrected chi connectivity index (χ2v) is 4.54. The van der Waals surface area contributed by atoms with Gasteiger partial charge < -0.3 is 0 Å². The molecule has 3 rings (SSSR count). The number of nitrogens with zero attached hydrogens (tertiary/aromatic N) is 2. The highest BCUT2D eigenvalue weighted by Gasteiger charge is 2.41. The Kier molecular flexibility index (Phi) is 2.98. The van der Waals surface area contributed by atoms with Gasteiger partial charge in [-0.1, -0.05) is 30.3 Å². The number of imide groups is 2. The van der Waals surface area contributed by atoms with Crippen molar-refractivity contribution in [2.24, 2.45) is 0 Å². The molecule has 2 heterocycles. The van der Waals surface area contributed by atoms with E-state index in [2.05, 4.69) is 0 Å². The topological polar surface area (TPSA) is 74.8 Å². The van der Waals surface area contributed by atoms with Crippen molar-refractivity contribution in [1.29, 1.82) is 0 Å². The number of benzene rings is 1. The first-order valence-corrected chi connectivity index (χ1v) is 6.25. The Morgan fingerprint density at radius 1 is 0.619 bits per heavy atom. The molecule has 104 valence electrons. The van der Waals surface area contributed by atoms with Gasteiger partial charge in [0, 0.05) is 24.3 Å². The molecule has 0 spiro atoms. The molecule has 21 heavy (non-hydrogen) atoms. The lowest BCUT2D eigenvalue weighted by atomic mass is 10.1. The summed E-state index contributed by atoms with van der Waals surface area (Å²) >= 11 is 0. The van der Waals surface area contributed by atoms with Crippen LogP contribution in [0.25, 0.3) is 0 Å². The monoisotopic (exact) mass is 282 g/mol. The van der Waals surface area contributed by atoms with Crippen molar-refractivity contribution in [3.8, 4) is 0 Å². The normalized spacial score (nSPS) is 17.8. The minimum Gasteiger partial charge on any atom is -0.269 e. The number of hydrogen-bond acceptors (Lipinski definition) is 4. The second kappa shape index (κ2) is 4.82. The first kappa shape index (κ1) is 13.0. The average molecular weight is 282 g/mol. The SMILES string of the molecule is O=C1C=CC(=O)N1C(c1ccccc1)N1C(=O)C=CC1=O. The number of carbonyl (C=O) groups excluding carboxylic acids is 4. The van der Waals surface area contributed by atoms with Crippen LogP contribution in [0.15, 0.2) is 54.6 Å². The molecule has 2 aliphatic rings. The summed E-state index contributed by atoms with van der Waals surface area (Å²) in [5, 5.41) is 0. The first-order chi connectivity index (χ1) is 10.1. The van der Waals surface area contributed by atoms with Crippen molar-refractivity contribution >= 4 is 23.6 Å². The van der Waals surface area contributed by atoms with E-state index in [4.69, 9.17) is 0 Å². The molecule has 2 aliphatic heterocycles. The van der Waals surface area contributed by atoms with Gasteiger partial charge in [-0.2, -0.15) is 0 Å². The Morgan fingerprint density at radius 2 is 1.00 bits per heavy atom. The Morgan fingerprint density at radius 3 is 1.38 bits per heavy atom. The Balaban J connectivity index is 2.08. The molecule has 1 aromatic rings. The fourth-order valence-electron chi connectivity index (χ4n) is 2.34. The van der Waals surface area contributed by atoms with Crippen molar-refractivity contribution in [2.75, 3.05) is 0 Å². The van der Waals surface area contributed by atoms with Crippen LogP contribution in [-0.4, -0.2) is 33.4 Å². The molecule has 0 saturated carbocycles. The maximum Gasteiger partial charge on any atom is 0.255 e. The largest absolute Gasteiger partial charge is 0.269 e. The van der Waals surface area contributed by atoms with Crippen LogP contribution in [0.3, 0.4) is 0 Å². The van der Waals surface area contributed by atoms with Crippen molar-refractivity contribution in [3.63, 3.8) is 0 Å². The van der Waals surface area contributed by atoms with Gasteiger partial charge in [-0.3, -0.25) is 19.2 Å². The molecule has 0 aromatic heterocycles. The molecule has 4 amide bonds. The van der Waals surface area contributed by atoms with E-state index in [1.807, 2.05) is 0 Å². The molecule has 0 N–H and O–H groups in total. The molecule has 1 aromatic carbocycles. The van der Waals surface area contributed by atoms with Crippen molar-refractivity contribution in [3.05, 3.63) is 60.2 Å². The minimum absolute atomic E-state index is 0.508. The summed E-state index contributed by atoms with van der Waals surface area (Å²) in [6, 6.07) is 8.49. The highest BCUT2D eigenvalue weighted by Crippen LogP contribution is 2.30. The van der Waals surface area contributed by atoms with Gasteiger partial charge >= 0.3 is 0 Å². The minimum atomic E-state index is -1.07. The van der Waals surface area contributed by atoms with Gasteiger partial charge in [0.05, 0.1) is 0 Å². The van der Waals surface area contributed by atoms with Gasteiger partial charge in [0.2, 0.25) is 0 Å². The zero-order valence-electron chi connectivity index (χ0n) is 10.8. The number of rotatable bonds is 3. The van der Waals surface area contributed by atoms with Gasteiger partial charge in [-0.25, -0.2) is 9.80 Å². The Hall–Kier alpha value is -3.02. The third kappa shape index (κ3) is 2.06. The first-order valence-electron chi connectivity index (χ1n) is 6.25. The summed E-state index contributed by atoms with van der Waals surface area (Å²) < 4.78 is 0. The van der Waals surface area contributed by atoms with Crippen LogP contribution in [0.5, 0.6) is 0 Å². The Bertz CT molecular complexity index is 628. The van der Waals surface area contributed by atoms with Crippen LogP contribution in [0.1, 0.15) is 11.7 Å². The van der Waals surface area contributed by atoms with Gasteiger partial charge in [0.1, 0.15) is 6.17 Å². The third-order valence-electron chi connectivity index (χ3n) is 3.27. The van der Waals surface area contributed by atoms with E-state index in [1.54, 1.807) is 30.3 Å². The summed E-state index contributed by atoms with van der Waals surface area (Å²) in [4.78, 5) is 49.5. The zero-order chi connectivity index (χ0) is 15.0. The second-order valence-electron chi connectivity index (χ2n) is 4.54. The van der Waals surface area contributed by atoms with E-state index in [0.29, 0.717) is 5.56 Å². The molecular formula is C15H10N2O4. The molecule has 6 heteroatoms. The van der Waals surface area contributed by atoms with Gasteiger partial charge in [0.25, 0.3) is 23.6 Å². The highest BCUT2D eigenvalue weighted by molar-refractivity contribution is 6.16. The standard InChI is InChI=1S/C15H10N2O4/c18-11-6-7-12(19)16(11)15(10-4-2-1-3-5-10)17-13(20)8-9-14(17)21/h1-9,15H. The van der Waals surface area contributed by atoms with Crippen LogP contribution in [0.2, 0.25) is 0 Å². The average Bonchev–Trinajstić information content (AvgIpc) is 2.98. The summed E-state index contributed by atoms with van der Waals surface area (Å²) in [7, 11) is 0. The van der Waals surface area contributed by atoms with Crippen LogP contribution in [0, 0.1) is 0 Å². The quantitative estimate of drug-likeness (QED) is 0.758. The summed E-state index contributed by atoms with van der Waals surface area (Å²) in [6.45, 7) is 0. The predicted molar refractivity (Wildman–Crippen MR) is 71.2 cm³/mol. The molecule has 0 atom stereocenters. The molecule has 0 bridgehead atoms. The van der Waals surface area contributed by atoms with Gasteiger partial charge in [-0.05, 0) is 5.56 Å². The highest BCUT2D eigenvalue weighted by atomic mass is 16.2. The fourth-order valence-corrected chi connectivity index (χ4v) is 2.34. The van der Waals surface area contributed by atoms with Crippen molar-refractivity contribution < 1.29 is 19.2 Å². The smallest absolute Gasteiger partial charge is 0.255 e. The lowest BCUT2D eigenvalue weighted by Crippen LogP contribution is -2.47. The predicted octanol–water partition coefficient (Wildman–Crippen LogP) is 0.535. The van der Waals surface area contributed by atoms with Crippen LogP contribution in [-0.2, 0) is 19.2 Å². The van der Waals surface area contributed by atoms with E-state index in [0.717, 1.165) is 34.1 Å². The zero-order valence-corrected chi connectivity index (χ0v) is 10.8. The number of hydrogen-bond donors (Lipinski definition) is 0. The van der Waals surface area contributed by atoms with E-state index in [9.17, 15) is 19.2 Å². The van der Waals surface area contributed by atoms with E-state index >= 15 is 0 Å². The molecule has 0 fully saturated rings. The summed E-state index contributed by atoms with van der Waals surface area (Å²) in [5.41, 5.74) is 0.508.